The summed E-state index contributed by atoms with van der Waals surface area (Å²) in [5, 5.41) is 13.4. The number of benzene rings is 1. The number of aliphatic hydroxyl groups excluding tert-OH is 1. The number of nitrogens with one attached hydrogen (secondary N) is 1. The standard InChI is InChI=1S/C17H19N3O2/c1-11-12(2)22-17-15(11)16(19-10-20-17)18-8-7-13-3-5-14(9-21)6-4-13/h3-6,10,21H,7-9H2,1-2H3,(H,18,19,20). The van der Waals surface area contributed by atoms with Crippen LogP contribution >= 0.6 is 0 Å². The molecule has 3 aromatic rings. The first-order valence-electron chi connectivity index (χ1n) is 7.32. The molecule has 1 aromatic carbocycles. The normalized spacial score (nSPS) is 11.0. The predicted octanol–water partition coefficient (Wildman–Crippen LogP) is 2.99. The van der Waals surface area contributed by atoms with Crippen molar-refractivity contribution in [3.8, 4) is 0 Å². The minimum atomic E-state index is 0.0799. The zero-order valence-corrected chi connectivity index (χ0v) is 12.8. The Morgan fingerprint density at radius 1 is 1.09 bits per heavy atom. The average Bonchev–Trinajstić information content (AvgIpc) is 2.84. The molecule has 5 nitrogen and oxygen atoms in total. The lowest BCUT2D eigenvalue weighted by atomic mass is 10.1. The maximum absolute atomic E-state index is 9.05. The largest absolute Gasteiger partial charge is 0.443 e. The Morgan fingerprint density at radius 3 is 2.55 bits per heavy atom. The highest BCUT2D eigenvalue weighted by atomic mass is 16.3. The van der Waals surface area contributed by atoms with Gasteiger partial charge in [0.25, 0.3) is 0 Å². The Labute approximate surface area is 129 Å². The fraction of sp³-hybridized carbons (Fsp3) is 0.294. The topological polar surface area (TPSA) is 71.2 Å². The van der Waals surface area contributed by atoms with Gasteiger partial charge < -0.3 is 14.8 Å². The van der Waals surface area contributed by atoms with Crippen molar-refractivity contribution in [2.24, 2.45) is 0 Å². The van der Waals surface area contributed by atoms with Crippen LogP contribution in [-0.4, -0.2) is 21.6 Å². The number of rotatable bonds is 5. The van der Waals surface area contributed by atoms with Crippen molar-refractivity contribution in [1.29, 1.82) is 0 Å². The van der Waals surface area contributed by atoms with Crippen LogP contribution in [0, 0.1) is 13.8 Å². The van der Waals surface area contributed by atoms with E-state index >= 15 is 0 Å². The number of hydrogen-bond donors (Lipinski definition) is 2. The van der Waals surface area contributed by atoms with Crippen molar-refractivity contribution in [3.05, 3.63) is 53.0 Å². The van der Waals surface area contributed by atoms with Crippen LogP contribution in [0.2, 0.25) is 0 Å². The Kier molecular flexibility index (Phi) is 4.06. The van der Waals surface area contributed by atoms with Crippen molar-refractivity contribution in [1.82, 2.24) is 9.97 Å². The smallest absolute Gasteiger partial charge is 0.231 e. The molecular formula is C17H19N3O2. The Morgan fingerprint density at radius 2 is 1.82 bits per heavy atom. The predicted molar refractivity (Wildman–Crippen MR) is 85.8 cm³/mol. The first-order valence-corrected chi connectivity index (χ1v) is 7.32. The highest BCUT2D eigenvalue weighted by molar-refractivity contribution is 5.89. The third-order valence-electron chi connectivity index (χ3n) is 3.88. The summed E-state index contributed by atoms with van der Waals surface area (Å²) in [7, 11) is 0. The SMILES string of the molecule is Cc1oc2ncnc(NCCc3ccc(CO)cc3)c2c1C. The molecule has 2 N–H and O–H groups in total. The summed E-state index contributed by atoms with van der Waals surface area (Å²) >= 11 is 0. The van der Waals surface area contributed by atoms with E-state index in [9.17, 15) is 0 Å². The summed E-state index contributed by atoms with van der Waals surface area (Å²) in [4.78, 5) is 8.49. The number of anilines is 1. The van der Waals surface area contributed by atoms with E-state index in [1.807, 2.05) is 38.1 Å². The highest BCUT2D eigenvalue weighted by Gasteiger charge is 2.13. The molecular weight excluding hydrogens is 278 g/mol. The number of aryl methyl sites for hydroxylation is 2. The monoisotopic (exact) mass is 297 g/mol. The van der Waals surface area contributed by atoms with Crippen LogP contribution in [0.3, 0.4) is 0 Å². The first kappa shape index (κ1) is 14.5. The van der Waals surface area contributed by atoms with Gasteiger partial charge in [-0.2, -0.15) is 0 Å². The summed E-state index contributed by atoms with van der Waals surface area (Å²) < 4.78 is 5.61. The molecule has 0 aliphatic carbocycles. The summed E-state index contributed by atoms with van der Waals surface area (Å²) in [6.07, 6.45) is 2.40. The van der Waals surface area contributed by atoms with Gasteiger partial charge >= 0.3 is 0 Å². The fourth-order valence-corrected chi connectivity index (χ4v) is 2.45. The van der Waals surface area contributed by atoms with Crippen LogP contribution in [0.1, 0.15) is 22.5 Å². The molecule has 0 atom stereocenters. The third-order valence-corrected chi connectivity index (χ3v) is 3.88. The second-order valence-electron chi connectivity index (χ2n) is 5.34. The van der Waals surface area contributed by atoms with Gasteiger partial charge in [0.2, 0.25) is 5.71 Å². The summed E-state index contributed by atoms with van der Waals surface area (Å²) in [5.41, 5.74) is 3.85. The molecule has 0 unspecified atom stereocenters. The van der Waals surface area contributed by atoms with Crippen molar-refractivity contribution >= 4 is 16.9 Å². The summed E-state index contributed by atoms with van der Waals surface area (Å²) in [6, 6.07) is 7.97. The van der Waals surface area contributed by atoms with Gasteiger partial charge in [0.05, 0.1) is 12.0 Å². The summed E-state index contributed by atoms with van der Waals surface area (Å²) in [6.45, 7) is 4.80. The van der Waals surface area contributed by atoms with E-state index < -0.39 is 0 Å². The first-order chi connectivity index (χ1) is 10.7. The van der Waals surface area contributed by atoms with Gasteiger partial charge in [0.1, 0.15) is 17.9 Å². The average molecular weight is 297 g/mol. The number of furan rings is 1. The quantitative estimate of drug-likeness (QED) is 0.757. The molecule has 0 radical (unpaired) electrons. The number of aliphatic hydroxyl groups is 1. The van der Waals surface area contributed by atoms with Gasteiger partial charge in [-0.15, -0.1) is 0 Å². The highest BCUT2D eigenvalue weighted by Crippen LogP contribution is 2.27. The zero-order valence-electron chi connectivity index (χ0n) is 12.8. The maximum atomic E-state index is 9.05. The Balaban J connectivity index is 1.71. The van der Waals surface area contributed by atoms with Crippen LogP contribution in [0.5, 0.6) is 0 Å². The van der Waals surface area contributed by atoms with Crippen LogP contribution in [0.15, 0.2) is 35.0 Å². The third kappa shape index (κ3) is 2.80. The van der Waals surface area contributed by atoms with Gasteiger partial charge in [0.15, 0.2) is 0 Å². The number of aromatic nitrogens is 2. The lowest BCUT2D eigenvalue weighted by molar-refractivity contribution is 0.282. The van der Waals surface area contributed by atoms with Crippen LogP contribution in [0.25, 0.3) is 11.1 Å². The molecule has 0 aliphatic rings. The lowest BCUT2D eigenvalue weighted by Gasteiger charge is -2.07. The molecule has 0 fully saturated rings. The van der Waals surface area contributed by atoms with Gasteiger partial charge in [-0.1, -0.05) is 24.3 Å². The van der Waals surface area contributed by atoms with Gasteiger partial charge in [-0.05, 0) is 31.4 Å². The van der Waals surface area contributed by atoms with Crippen LogP contribution < -0.4 is 5.32 Å². The van der Waals surface area contributed by atoms with Crippen molar-refractivity contribution < 1.29 is 9.52 Å². The summed E-state index contributed by atoms with van der Waals surface area (Å²) in [5.74, 6) is 1.68. The van der Waals surface area contributed by atoms with Crippen molar-refractivity contribution in [3.63, 3.8) is 0 Å². The molecule has 2 aromatic heterocycles. The van der Waals surface area contributed by atoms with E-state index in [2.05, 4.69) is 15.3 Å². The number of hydrogen-bond acceptors (Lipinski definition) is 5. The van der Waals surface area contributed by atoms with E-state index in [1.165, 1.54) is 11.9 Å². The van der Waals surface area contributed by atoms with E-state index in [4.69, 9.17) is 9.52 Å². The van der Waals surface area contributed by atoms with Crippen LogP contribution in [-0.2, 0) is 13.0 Å². The molecule has 0 spiro atoms. The Bertz CT molecular complexity index is 778. The van der Waals surface area contributed by atoms with E-state index in [1.54, 1.807) is 0 Å². The molecule has 0 saturated carbocycles. The molecule has 0 aliphatic heterocycles. The molecule has 0 amide bonds. The number of nitrogens with zero attached hydrogens (tertiary/aromatic N) is 2. The lowest BCUT2D eigenvalue weighted by Crippen LogP contribution is -2.07. The fourth-order valence-electron chi connectivity index (χ4n) is 2.45. The number of fused-ring (bicyclic) bond motifs is 1. The second-order valence-corrected chi connectivity index (χ2v) is 5.34. The molecule has 5 heteroatoms. The molecule has 114 valence electrons. The Hall–Kier alpha value is -2.40. The van der Waals surface area contributed by atoms with Gasteiger partial charge in [-0.3, -0.25) is 0 Å². The molecule has 0 bridgehead atoms. The minimum absolute atomic E-state index is 0.0799. The van der Waals surface area contributed by atoms with Crippen molar-refractivity contribution in [2.75, 3.05) is 11.9 Å². The zero-order chi connectivity index (χ0) is 15.5. The minimum Gasteiger partial charge on any atom is -0.443 e. The van der Waals surface area contributed by atoms with Gasteiger partial charge in [-0.25, -0.2) is 9.97 Å². The molecule has 2 heterocycles. The van der Waals surface area contributed by atoms with E-state index in [0.717, 1.165) is 41.1 Å². The van der Waals surface area contributed by atoms with E-state index in [0.29, 0.717) is 5.71 Å². The molecule has 22 heavy (non-hydrogen) atoms. The van der Waals surface area contributed by atoms with Crippen molar-refractivity contribution in [2.45, 2.75) is 26.9 Å². The molecule has 0 saturated heterocycles. The molecule has 3 rings (SSSR count). The van der Waals surface area contributed by atoms with E-state index in [-0.39, 0.29) is 6.61 Å². The van der Waals surface area contributed by atoms with Crippen LogP contribution in [0.4, 0.5) is 5.82 Å². The maximum Gasteiger partial charge on any atom is 0.231 e. The van der Waals surface area contributed by atoms with Gasteiger partial charge in [0, 0.05) is 12.1 Å². The second kappa shape index (κ2) is 6.15.